The highest BCUT2D eigenvalue weighted by Crippen LogP contribution is 2.49. The van der Waals surface area contributed by atoms with Gasteiger partial charge in [-0.05, 0) is 31.0 Å². The Kier molecular flexibility index (Phi) is 3.71. The van der Waals surface area contributed by atoms with E-state index in [1.165, 1.54) is 0 Å². The van der Waals surface area contributed by atoms with Gasteiger partial charge in [0.15, 0.2) is 0 Å². The van der Waals surface area contributed by atoms with Crippen LogP contribution in [0.2, 0.25) is 5.02 Å². The Morgan fingerprint density at radius 2 is 1.90 bits per heavy atom. The number of hydrogen-bond donors (Lipinski definition) is 2. The number of amides is 1. The first-order valence-electron chi connectivity index (χ1n) is 5.68. The number of rotatable bonds is 3. The summed E-state index contributed by atoms with van der Waals surface area (Å²) in [4.78, 5) is 11.3. The van der Waals surface area contributed by atoms with Gasteiger partial charge in [-0.15, -0.1) is 0 Å². The van der Waals surface area contributed by atoms with Gasteiger partial charge in [0.25, 0.3) is 5.91 Å². The van der Waals surface area contributed by atoms with E-state index in [0.717, 1.165) is 18.2 Å². The van der Waals surface area contributed by atoms with Crippen LogP contribution in [0.5, 0.6) is 0 Å². The van der Waals surface area contributed by atoms with Crippen LogP contribution >= 0.6 is 11.6 Å². The number of nitrogens with two attached hydrogens (primary N) is 1. The topological polar surface area (TPSA) is 89.3 Å². The number of nitrogens with one attached hydrogen (secondary N) is 1. The highest BCUT2D eigenvalue weighted by atomic mass is 35.5. The molecule has 21 heavy (non-hydrogen) atoms. The summed E-state index contributed by atoms with van der Waals surface area (Å²) in [5.41, 5.74) is -2.50. The van der Waals surface area contributed by atoms with Gasteiger partial charge < -0.3 is 5.32 Å². The molecule has 10 heteroatoms. The molecule has 1 aliphatic carbocycles. The molecule has 0 aliphatic heterocycles. The summed E-state index contributed by atoms with van der Waals surface area (Å²) in [6.45, 7) is 0. The molecule has 1 saturated carbocycles. The zero-order chi connectivity index (χ0) is 16.1. The maximum absolute atomic E-state index is 12.8. The molecule has 1 aliphatic rings. The zero-order valence-electron chi connectivity index (χ0n) is 10.4. The lowest BCUT2D eigenvalue weighted by Crippen LogP contribution is -2.47. The molecule has 0 bridgehead atoms. The monoisotopic (exact) mass is 342 g/mol. The first kappa shape index (κ1) is 16.1. The average molecular weight is 343 g/mol. The first-order valence-corrected chi connectivity index (χ1v) is 7.60. The van der Waals surface area contributed by atoms with Crippen molar-refractivity contribution in [3.8, 4) is 0 Å². The van der Waals surface area contributed by atoms with Gasteiger partial charge in [0.1, 0.15) is 10.4 Å². The number of hydrogen-bond acceptors (Lipinski definition) is 3. The molecule has 2 rings (SSSR count). The van der Waals surface area contributed by atoms with Crippen molar-refractivity contribution in [1.82, 2.24) is 5.32 Å². The number of primary sulfonamides is 1. The third kappa shape index (κ3) is 3.14. The maximum Gasteiger partial charge on any atom is 0.411 e. The van der Waals surface area contributed by atoms with Crippen molar-refractivity contribution in [2.75, 3.05) is 0 Å². The third-order valence-electron chi connectivity index (χ3n) is 3.15. The van der Waals surface area contributed by atoms with Crippen molar-refractivity contribution in [2.24, 2.45) is 5.14 Å². The molecule has 0 aromatic heterocycles. The largest absolute Gasteiger partial charge is 0.411 e. The van der Waals surface area contributed by atoms with Crippen molar-refractivity contribution in [2.45, 2.75) is 29.5 Å². The van der Waals surface area contributed by atoms with Crippen LogP contribution in [-0.4, -0.2) is 26.0 Å². The average Bonchev–Trinajstić information content (AvgIpc) is 3.08. The number of halogens is 4. The molecule has 0 heterocycles. The number of carbonyl (C=O) groups is 1. The Morgan fingerprint density at radius 1 is 1.33 bits per heavy atom. The molecular formula is C11H10ClF3N2O3S. The minimum atomic E-state index is -4.56. The molecule has 116 valence electrons. The molecule has 1 amide bonds. The number of alkyl halides is 3. The first-order chi connectivity index (χ1) is 9.46. The summed E-state index contributed by atoms with van der Waals surface area (Å²) >= 11 is 5.63. The minimum Gasteiger partial charge on any atom is -0.338 e. The van der Waals surface area contributed by atoms with Crippen molar-refractivity contribution >= 4 is 27.5 Å². The Labute approximate surface area is 123 Å². The van der Waals surface area contributed by atoms with Gasteiger partial charge in [0.05, 0.1) is 5.02 Å². The molecule has 5 nitrogen and oxygen atoms in total. The molecule has 1 aromatic rings. The Balaban J connectivity index is 2.30. The van der Waals surface area contributed by atoms with Crippen LogP contribution in [0.25, 0.3) is 0 Å². The SMILES string of the molecule is NS(=O)(=O)c1cc(C(=O)NC2(C(F)(F)F)CC2)ccc1Cl. The van der Waals surface area contributed by atoms with Crippen molar-refractivity contribution in [3.63, 3.8) is 0 Å². The molecule has 0 saturated heterocycles. The van der Waals surface area contributed by atoms with E-state index in [2.05, 4.69) is 0 Å². The smallest absolute Gasteiger partial charge is 0.338 e. The molecule has 1 fully saturated rings. The highest BCUT2D eigenvalue weighted by molar-refractivity contribution is 7.89. The number of sulfonamides is 1. The lowest BCUT2D eigenvalue weighted by atomic mass is 10.2. The van der Waals surface area contributed by atoms with Crippen molar-refractivity contribution in [3.05, 3.63) is 28.8 Å². The van der Waals surface area contributed by atoms with E-state index in [1.54, 1.807) is 0 Å². The predicted molar refractivity (Wildman–Crippen MR) is 68.3 cm³/mol. The van der Waals surface area contributed by atoms with Crippen LogP contribution in [0.1, 0.15) is 23.2 Å². The normalized spacial score (nSPS) is 17.4. The number of benzene rings is 1. The molecule has 3 N–H and O–H groups in total. The van der Waals surface area contributed by atoms with E-state index >= 15 is 0 Å². The second-order valence-electron chi connectivity index (χ2n) is 4.72. The fourth-order valence-corrected chi connectivity index (χ4v) is 2.83. The molecule has 0 atom stereocenters. The van der Waals surface area contributed by atoms with Crippen molar-refractivity contribution in [1.29, 1.82) is 0 Å². The van der Waals surface area contributed by atoms with E-state index < -0.39 is 32.5 Å². The van der Waals surface area contributed by atoms with Gasteiger partial charge in [0.2, 0.25) is 10.0 Å². The van der Waals surface area contributed by atoms with E-state index in [9.17, 15) is 26.4 Å². The molecule has 0 radical (unpaired) electrons. The van der Waals surface area contributed by atoms with E-state index in [4.69, 9.17) is 16.7 Å². The predicted octanol–water partition coefficient (Wildman–Crippen LogP) is 1.81. The van der Waals surface area contributed by atoms with Crippen LogP contribution < -0.4 is 10.5 Å². The number of carbonyl (C=O) groups excluding carboxylic acids is 1. The van der Waals surface area contributed by atoms with Crippen LogP contribution in [0.4, 0.5) is 13.2 Å². The van der Waals surface area contributed by atoms with E-state index in [0.29, 0.717) is 0 Å². The molecule has 0 spiro atoms. The lowest BCUT2D eigenvalue weighted by molar-refractivity contribution is -0.163. The summed E-state index contributed by atoms with van der Waals surface area (Å²) in [5.74, 6) is -1.04. The van der Waals surface area contributed by atoms with Gasteiger partial charge in [-0.25, -0.2) is 13.6 Å². The van der Waals surface area contributed by atoms with Crippen LogP contribution in [0.15, 0.2) is 23.1 Å². The minimum absolute atomic E-state index is 0.210. The summed E-state index contributed by atoms with van der Waals surface area (Å²) in [7, 11) is -4.18. The van der Waals surface area contributed by atoms with Crippen molar-refractivity contribution < 1.29 is 26.4 Å². The van der Waals surface area contributed by atoms with Gasteiger partial charge >= 0.3 is 6.18 Å². The fraction of sp³-hybridized carbons (Fsp3) is 0.364. The fourth-order valence-electron chi connectivity index (χ4n) is 1.76. The summed E-state index contributed by atoms with van der Waals surface area (Å²) in [5, 5.41) is 6.57. The molecule has 0 unspecified atom stereocenters. The Bertz CT molecular complexity index is 699. The van der Waals surface area contributed by atoms with Crippen LogP contribution in [-0.2, 0) is 10.0 Å². The highest BCUT2D eigenvalue weighted by Gasteiger charge is 2.64. The van der Waals surface area contributed by atoms with Gasteiger partial charge in [-0.3, -0.25) is 4.79 Å². The lowest BCUT2D eigenvalue weighted by Gasteiger charge is -2.20. The second kappa shape index (κ2) is 4.85. The van der Waals surface area contributed by atoms with Gasteiger partial charge in [-0.2, -0.15) is 13.2 Å². The molecular weight excluding hydrogens is 333 g/mol. The standard InChI is InChI=1S/C11H10ClF3N2O3S/c12-7-2-1-6(5-8(7)21(16,19)20)9(18)17-10(3-4-10)11(13,14)15/h1-2,5H,3-4H2,(H,17,18)(H2,16,19,20). The maximum atomic E-state index is 12.8. The van der Waals surface area contributed by atoms with Crippen LogP contribution in [0.3, 0.4) is 0 Å². The second-order valence-corrected chi connectivity index (χ2v) is 6.66. The third-order valence-corrected chi connectivity index (χ3v) is 4.54. The quantitative estimate of drug-likeness (QED) is 0.878. The zero-order valence-corrected chi connectivity index (χ0v) is 11.9. The van der Waals surface area contributed by atoms with Gasteiger partial charge in [0, 0.05) is 5.56 Å². The van der Waals surface area contributed by atoms with Gasteiger partial charge in [-0.1, -0.05) is 11.6 Å². The summed E-state index contributed by atoms with van der Waals surface area (Å²) in [6.07, 6.45) is -4.98. The van der Waals surface area contributed by atoms with E-state index in [1.807, 2.05) is 5.32 Å². The summed E-state index contributed by atoms with van der Waals surface area (Å²) < 4.78 is 60.8. The van der Waals surface area contributed by atoms with E-state index in [-0.39, 0.29) is 23.4 Å². The Morgan fingerprint density at radius 3 is 2.33 bits per heavy atom. The Hall–Kier alpha value is -1.32. The van der Waals surface area contributed by atoms with Crippen LogP contribution in [0, 0.1) is 0 Å². The summed E-state index contributed by atoms with van der Waals surface area (Å²) in [6, 6.07) is 3.06. The molecule has 1 aromatic carbocycles.